The summed E-state index contributed by atoms with van der Waals surface area (Å²) in [6, 6.07) is 16.5. The maximum absolute atomic E-state index is 10.9. The molecule has 0 amide bonds. The van der Waals surface area contributed by atoms with Gasteiger partial charge in [0.25, 0.3) is 0 Å². The molecule has 0 bridgehead atoms. The molecule has 0 aliphatic heterocycles. The first-order valence-corrected chi connectivity index (χ1v) is 7.36. The van der Waals surface area contributed by atoms with Gasteiger partial charge in [0.05, 0.1) is 7.11 Å². The molecule has 2 aromatic carbocycles. The summed E-state index contributed by atoms with van der Waals surface area (Å²) in [5.41, 5.74) is 0.238. The number of phenolic OH excluding ortho intramolecular Hbond substituents is 1. The summed E-state index contributed by atoms with van der Waals surface area (Å²) >= 11 is 0. The van der Waals surface area contributed by atoms with Gasteiger partial charge in [0.15, 0.2) is 11.5 Å². The Morgan fingerprint density at radius 3 is 2.16 bits per heavy atom. The molecule has 2 aromatic heterocycles. The SMILES string of the molecule is COc1cc2ccc(=O)oc2cc1O.O=c1ccc2ccccc2o1. The van der Waals surface area contributed by atoms with E-state index in [1.165, 1.54) is 25.3 Å². The van der Waals surface area contributed by atoms with Crippen LogP contribution in [0.25, 0.3) is 21.9 Å². The van der Waals surface area contributed by atoms with Crippen molar-refractivity contribution in [3.05, 3.63) is 81.5 Å². The van der Waals surface area contributed by atoms with Gasteiger partial charge in [-0.3, -0.25) is 0 Å². The summed E-state index contributed by atoms with van der Waals surface area (Å²) in [4.78, 5) is 21.6. The summed E-state index contributed by atoms with van der Waals surface area (Å²) in [7, 11) is 1.46. The molecular formula is C19H14O6. The number of phenols is 1. The third kappa shape index (κ3) is 3.69. The molecule has 0 saturated heterocycles. The highest BCUT2D eigenvalue weighted by Crippen LogP contribution is 2.30. The fraction of sp³-hybridized carbons (Fsp3) is 0.0526. The molecule has 0 spiro atoms. The second-order valence-electron chi connectivity index (χ2n) is 5.11. The fourth-order valence-corrected chi connectivity index (χ4v) is 2.26. The second-order valence-corrected chi connectivity index (χ2v) is 5.11. The van der Waals surface area contributed by atoms with E-state index in [0.29, 0.717) is 22.3 Å². The predicted octanol–water partition coefficient (Wildman–Crippen LogP) is 3.30. The lowest BCUT2D eigenvalue weighted by Gasteiger charge is -2.03. The minimum absolute atomic E-state index is 0.0469. The number of rotatable bonds is 1. The van der Waals surface area contributed by atoms with E-state index in [1.807, 2.05) is 18.2 Å². The van der Waals surface area contributed by atoms with Gasteiger partial charge in [0, 0.05) is 29.0 Å². The number of methoxy groups -OCH3 is 1. The Bertz CT molecular complexity index is 1140. The molecule has 2 heterocycles. The predicted molar refractivity (Wildman–Crippen MR) is 93.2 cm³/mol. The molecule has 0 unspecified atom stereocenters. The Labute approximate surface area is 141 Å². The summed E-state index contributed by atoms with van der Waals surface area (Å²) in [5.74, 6) is 0.306. The molecule has 4 rings (SSSR count). The number of hydrogen-bond donors (Lipinski definition) is 1. The molecule has 6 heteroatoms. The maximum atomic E-state index is 10.9. The monoisotopic (exact) mass is 338 g/mol. The molecular weight excluding hydrogens is 324 g/mol. The van der Waals surface area contributed by atoms with E-state index in [9.17, 15) is 14.7 Å². The maximum Gasteiger partial charge on any atom is 0.336 e. The molecule has 6 nitrogen and oxygen atoms in total. The normalized spacial score (nSPS) is 10.3. The van der Waals surface area contributed by atoms with Crippen LogP contribution in [0.3, 0.4) is 0 Å². The fourth-order valence-electron chi connectivity index (χ4n) is 2.26. The summed E-state index contributed by atoms with van der Waals surface area (Å²) < 4.78 is 14.7. The first kappa shape index (κ1) is 16.3. The van der Waals surface area contributed by atoms with Gasteiger partial charge in [-0.15, -0.1) is 0 Å². The number of aromatic hydroxyl groups is 1. The van der Waals surface area contributed by atoms with E-state index >= 15 is 0 Å². The number of fused-ring (bicyclic) bond motifs is 2. The highest BCUT2D eigenvalue weighted by molar-refractivity contribution is 5.80. The van der Waals surface area contributed by atoms with E-state index in [2.05, 4.69) is 0 Å². The third-order valence-corrected chi connectivity index (χ3v) is 3.45. The van der Waals surface area contributed by atoms with Crippen molar-refractivity contribution in [2.24, 2.45) is 0 Å². The first-order chi connectivity index (χ1) is 12.1. The Balaban J connectivity index is 0.000000150. The summed E-state index contributed by atoms with van der Waals surface area (Å²) in [5, 5.41) is 11.1. The van der Waals surface area contributed by atoms with E-state index < -0.39 is 5.63 Å². The number of para-hydroxylation sites is 1. The molecule has 1 N–H and O–H groups in total. The van der Waals surface area contributed by atoms with Crippen LogP contribution in [0.15, 0.2) is 79.1 Å². The van der Waals surface area contributed by atoms with Crippen LogP contribution in [0.2, 0.25) is 0 Å². The van der Waals surface area contributed by atoms with Gasteiger partial charge < -0.3 is 18.7 Å². The lowest BCUT2D eigenvalue weighted by molar-refractivity contribution is 0.373. The number of hydrogen-bond acceptors (Lipinski definition) is 6. The molecule has 0 radical (unpaired) electrons. The molecule has 0 saturated carbocycles. The van der Waals surface area contributed by atoms with Crippen LogP contribution in [0, 0.1) is 0 Å². The largest absolute Gasteiger partial charge is 0.504 e. The van der Waals surface area contributed by atoms with Crippen molar-refractivity contribution in [1.29, 1.82) is 0 Å². The molecule has 4 aromatic rings. The van der Waals surface area contributed by atoms with Crippen LogP contribution in [0.4, 0.5) is 0 Å². The Morgan fingerprint density at radius 1 is 0.800 bits per heavy atom. The zero-order valence-corrected chi connectivity index (χ0v) is 13.3. The zero-order valence-electron chi connectivity index (χ0n) is 13.3. The van der Waals surface area contributed by atoms with Crippen LogP contribution in [-0.2, 0) is 0 Å². The quantitative estimate of drug-likeness (QED) is 0.536. The van der Waals surface area contributed by atoms with E-state index in [-0.39, 0.29) is 11.4 Å². The minimum atomic E-state index is -0.443. The van der Waals surface area contributed by atoms with Crippen molar-refractivity contribution in [3.8, 4) is 11.5 Å². The van der Waals surface area contributed by atoms with Crippen molar-refractivity contribution >= 4 is 21.9 Å². The van der Waals surface area contributed by atoms with Crippen LogP contribution < -0.4 is 16.0 Å². The van der Waals surface area contributed by atoms with Gasteiger partial charge in [-0.1, -0.05) is 18.2 Å². The molecule has 0 atom stereocenters. The van der Waals surface area contributed by atoms with Crippen LogP contribution in [0.1, 0.15) is 0 Å². The molecule has 25 heavy (non-hydrogen) atoms. The Hall–Kier alpha value is -3.54. The average molecular weight is 338 g/mol. The van der Waals surface area contributed by atoms with Gasteiger partial charge in [-0.25, -0.2) is 9.59 Å². The van der Waals surface area contributed by atoms with Gasteiger partial charge in [0.2, 0.25) is 0 Å². The summed E-state index contributed by atoms with van der Waals surface area (Å²) in [6.45, 7) is 0. The molecule has 0 fully saturated rings. The van der Waals surface area contributed by atoms with Gasteiger partial charge in [0.1, 0.15) is 11.2 Å². The van der Waals surface area contributed by atoms with E-state index in [0.717, 1.165) is 5.39 Å². The lowest BCUT2D eigenvalue weighted by Crippen LogP contribution is -1.94. The van der Waals surface area contributed by atoms with Gasteiger partial charge >= 0.3 is 11.3 Å². The highest BCUT2D eigenvalue weighted by atomic mass is 16.5. The average Bonchev–Trinajstić information content (AvgIpc) is 2.61. The smallest absolute Gasteiger partial charge is 0.336 e. The lowest BCUT2D eigenvalue weighted by atomic mass is 10.2. The minimum Gasteiger partial charge on any atom is -0.504 e. The molecule has 126 valence electrons. The van der Waals surface area contributed by atoms with Crippen molar-refractivity contribution in [2.75, 3.05) is 7.11 Å². The van der Waals surface area contributed by atoms with Gasteiger partial charge in [-0.2, -0.15) is 0 Å². The highest BCUT2D eigenvalue weighted by Gasteiger charge is 2.05. The van der Waals surface area contributed by atoms with Crippen molar-refractivity contribution < 1.29 is 18.7 Å². The second kappa shape index (κ2) is 6.92. The van der Waals surface area contributed by atoms with Crippen molar-refractivity contribution in [3.63, 3.8) is 0 Å². The zero-order chi connectivity index (χ0) is 17.8. The van der Waals surface area contributed by atoms with Crippen molar-refractivity contribution in [1.82, 2.24) is 0 Å². The van der Waals surface area contributed by atoms with Crippen LogP contribution in [-0.4, -0.2) is 12.2 Å². The number of benzene rings is 2. The Morgan fingerprint density at radius 2 is 1.44 bits per heavy atom. The first-order valence-electron chi connectivity index (χ1n) is 7.36. The third-order valence-electron chi connectivity index (χ3n) is 3.45. The summed E-state index contributed by atoms with van der Waals surface area (Å²) in [6.07, 6.45) is 0. The van der Waals surface area contributed by atoms with Crippen molar-refractivity contribution in [2.45, 2.75) is 0 Å². The molecule has 0 aliphatic rings. The van der Waals surface area contributed by atoms with Gasteiger partial charge in [-0.05, 0) is 24.3 Å². The standard InChI is InChI=1S/C10H8O4.C9H6O2/c1-13-9-4-6-2-3-10(12)14-8(6)5-7(9)11;10-9-6-5-7-3-1-2-4-8(7)11-9/h2-5,11H,1H3;1-6H. The van der Waals surface area contributed by atoms with Crippen LogP contribution >= 0.6 is 0 Å². The Kier molecular flexibility index (Phi) is 4.52. The van der Waals surface area contributed by atoms with E-state index in [1.54, 1.807) is 24.3 Å². The van der Waals surface area contributed by atoms with Crippen LogP contribution in [0.5, 0.6) is 11.5 Å². The number of ether oxygens (including phenoxy) is 1. The molecule has 0 aliphatic carbocycles. The van der Waals surface area contributed by atoms with E-state index in [4.69, 9.17) is 13.6 Å². The topological polar surface area (TPSA) is 89.9 Å².